The molecule has 0 radical (unpaired) electrons. The number of benzene rings is 2. The van der Waals surface area contributed by atoms with Gasteiger partial charge in [-0.05, 0) is 49.3 Å². The Kier molecular flexibility index (Phi) is 9.64. The SMILES string of the molecule is CC(C)C[C@H](NC(=O)[C@H](Cc1c[nH]c2ccccc12)N[C@H](C)C(=O)O)C(=O)NCCc1ccccc1. The van der Waals surface area contributed by atoms with Crippen LogP contribution in [-0.4, -0.2) is 52.5 Å². The Morgan fingerprint density at radius 2 is 1.61 bits per heavy atom. The summed E-state index contributed by atoms with van der Waals surface area (Å²) in [4.78, 5) is 41.1. The Bertz CT molecular complexity index is 1160. The number of nitrogens with one attached hydrogen (secondary N) is 4. The molecule has 192 valence electrons. The van der Waals surface area contributed by atoms with Crippen LogP contribution in [-0.2, 0) is 27.2 Å². The molecule has 2 amide bonds. The molecule has 8 heteroatoms. The van der Waals surface area contributed by atoms with Crippen LogP contribution >= 0.6 is 0 Å². The maximum atomic E-state index is 13.4. The van der Waals surface area contributed by atoms with Crippen LogP contribution in [0.4, 0.5) is 0 Å². The topological polar surface area (TPSA) is 123 Å². The lowest BCUT2D eigenvalue weighted by Gasteiger charge is -2.25. The number of fused-ring (bicyclic) bond motifs is 1. The smallest absolute Gasteiger partial charge is 0.320 e. The molecule has 0 bridgehead atoms. The molecule has 0 spiro atoms. The van der Waals surface area contributed by atoms with Crippen molar-refractivity contribution in [1.82, 2.24) is 20.9 Å². The van der Waals surface area contributed by atoms with Crippen molar-refractivity contribution in [2.24, 2.45) is 5.92 Å². The molecule has 2 aromatic carbocycles. The summed E-state index contributed by atoms with van der Waals surface area (Å²) in [6.07, 6.45) is 3.27. The molecular weight excluding hydrogens is 456 g/mol. The minimum absolute atomic E-state index is 0.174. The Morgan fingerprint density at radius 1 is 0.917 bits per heavy atom. The highest BCUT2D eigenvalue weighted by Gasteiger charge is 2.29. The van der Waals surface area contributed by atoms with Crippen molar-refractivity contribution >= 4 is 28.7 Å². The normalized spacial score (nSPS) is 13.8. The van der Waals surface area contributed by atoms with Crippen molar-refractivity contribution in [2.45, 2.75) is 58.2 Å². The van der Waals surface area contributed by atoms with E-state index in [2.05, 4.69) is 20.9 Å². The first-order chi connectivity index (χ1) is 17.2. The van der Waals surface area contributed by atoms with Crippen LogP contribution in [0.5, 0.6) is 0 Å². The number of carboxylic acid groups (broad SMARTS) is 1. The van der Waals surface area contributed by atoms with Crippen molar-refractivity contribution in [1.29, 1.82) is 0 Å². The summed E-state index contributed by atoms with van der Waals surface area (Å²) in [5, 5.41) is 19.1. The third-order valence-electron chi connectivity index (χ3n) is 6.13. The fraction of sp³-hybridized carbons (Fsp3) is 0.393. The average molecular weight is 493 g/mol. The van der Waals surface area contributed by atoms with E-state index in [-0.39, 0.29) is 18.2 Å². The number of H-pyrrole nitrogens is 1. The highest BCUT2D eigenvalue weighted by atomic mass is 16.4. The van der Waals surface area contributed by atoms with Gasteiger partial charge < -0.3 is 20.7 Å². The molecule has 0 unspecified atom stereocenters. The van der Waals surface area contributed by atoms with E-state index in [1.165, 1.54) is 6.92 Å². The number of carbonyl (C=O) groups is 3. The molecule has 0 saturated carbocycles. The van der Waals surface area contributed by atoms with Gasteiger partial charge in [-0.15, -0.1) is 0 Å². The number of aliphatic carboxylic acids is 1. The zero-order chi connectivity index (χ0) is 26.1. The Morgan fingerprint density at radius 3 is 2.31 bits per heavy atom. The number of hydrogen-bond donors (Lipinski definition) is 5. The van der Waals surface area contributed by atoms with E-state index in [4.69, 9.17) is 0 Å². The second-order valence-electron chi connectivity index (χ2n) is 9.56. The van der Waals surface area contributed by atoms with Gasteiger partial charge in [-0.3, -0.25) is 19.7 Å². The van der Waals surface area contributed by atoms with Gasteiger partial charge in [-0.2, -0.15) is 0 Å². The number of carbonyl (C=O) groups excluding carboxylic acids is 2. The second-order valence-corrected chi connectivity index (χ2v) is 9.56. The second kappa shape index (κ2) is 12.9. The van der Waals surface area contributed by atoms with Gasteiger partial charge in [0, 0.05) is 23.6 Å². The Hall–Kier alpha value is -3.65. The van der Waals surface area contributed by atoms with Gasteiger partial charge in [-0.1, -0.05) is 62.4 Å². The monoisotopic (exact) mass is 492 g/mol. The number of carboxylic acids is 1. The predicted molar refractivity (Wildman–Crippen MR) is 141 cm³/mol. The number of para-hydroxylation sites is 1. The van der Waals surface area contributed by atoms with Crippen molar-refractivity contribution in [3.63, 3.8) is 0 Å². The fourth-order valence-corrected chi connectivity index (χ4v) is 4.19. The van der Waals surface area contributed by atoms with Crippen molar-refractivity contribution in [3.05, 3.63) is 71.9 Å². The van der Waals surface area contributed by atoms with Crippen molar-refractivity contribution in [3.8, 4) is 0 Å². The van der Waals surface area contributed by atoms with Crippen LogP contribution < -0.4 is 16.0 Å². The lowest BCUT2D eigenvalue weighted by Crippen LogP contribution is -2.56. The van der Waals surface area contributed by atoms with Gasteiger partial charge in [0.15, 0.2) is 0 Å². The summed E-state index contributed by atoms with van der Waals surface area (Å²) < 4.78 is 0. The van der Waals surface area contributed by atoms with Gasteiger partial charge >= 0.3 is 5.97 Å². The maximum Gasteiger partial charge on any atom is 0.320 e. The van der Waals surface area contributed by atoms with E-state index in [1.54, 1.807) is 0 Å². The van der Waals surface area contributed by atoms with Gasteiger partial charge in [0.25, 0.3) is 0 Å². The highest BCUT2D eigenvalue weighted by molar-refractivity contribution is 5.91. The van der Waals surface area contributed by atoms with Crippen molar-refractivity contribution < 1.29 is 19.5 Å². The summed E-state index contributed by atoms with van der Waals surface area (Å²) in [5.41, 5.74) is 2.95. The molecule has 5 N–H and O–H groups in total. The first-order valence-electron chi connectivity index (χ1n) is 12.4. The summed E-state index contributed by atoms with van der Waals surface area (Å²) >= 11 is 0. The Balaban J connectivity index is 1.71. The third-order valence-corrected chi connectivity index (χ3v) is 6.13. The Labute approximate surface area is 211 Å². The van der Waals surface area contributed by atoms with E-state index in [0.717, 1.165) is 22.0 Å². The number of hydrogen-bond acceptors (Lipinski definition) is 4. The molecule has 36 heavy (non-hydrogen) atoms. The van der Waals surface area contributed by atoms with E-state index in [9.17, 15) is 19.5 Å². The molecule has 1 heterocycles. The molecule has 0 aliphatic rings. The van der Waals surface area contributed by atoms with Crippen LogP contribution in [0.2, 0.25) is 0 Å². The number of amides is 2. The van der Waals surface area contributed by atoms with Gasteiger partial charge in [0.05, 0.1) is 6.04 Å². The first kappa shape index (κ1) is 26.9. The molecule has 0 saturated heterocycles. The standard InChI is InChI=1S/C28H36N4O4/c1-18(2)15-24(26(33)29-14-13-20-9-5-4-6-10-20)32-27(34)25(31-19(3)28(35)36)16-21-17-30-23-12-8-7-11-22(21)23/h4-12,17-19,24-25,30-31H,13-16H2,1-3H3,(H,29,33)(H,32,34)(H,35,36)/t19-,24+,25+/m1/s1. The summed E-state index contributed by atoms with van der Waals surface area (Å²) in [7, 11) is 0. The number of rotatable bonds is 13. The average Bonchev–Trinajstić information content (AvgIpc) is 3.26. The van der Waals surface area contributed by atoms with Crippen LogP contribution in [0.1, 0.15) is 38.3 Å². The summed E-state index contributed by atoms with van der Waals surface area (Å²) in [6, 6.07) is 15.1. The largest absolute Gasteiger partial charge is 0.480 e. The van der Waals surface area contributed by atoms with Crippen LogP contribution in [0.3, 0.4) is 0 Å². The summed E-state index contributed by atoms with van der Waals surface area (Å²) in [5.74, 6) is -1.53. The third kappa shape index (κ3) is 7.68. The molecular formula is C28H36N4O4. The molecule has 3 rings (SSSR count). The van der Waals surface area contributed by atoms with E-state index in [0.29, 0.717) is 19.4 Å². The predicted octanol–water partition coefficient (Wildman–Crippen LogP) is 3.03. The minimum Gasteiger partial charge on any atom is -0.480 e. The lowest BCUT2D eigenvalue weighted by atomic mass is 10.0. The molecule has 0 aliphatic carbocycles. The number of aromatic amines is 1. The minimum atomic E-state index is -1.05. The highest BCUT2D eigenvalue weighted by Crippen LogP contribution is 2.19. The van der Waals surface area contributed by atoms with E-state index in [1.807, 2.05) is 74.6 Å². The molecule has 3 atom stereocenters. The molecule has 8 nitrogen and oxygen atoms in total. The zero-order valence-electron chi connectivity index (χ0n) is 21.1. The zero-order valence-corrected chi connectivity index (χ0v) is 21.1. The van der Waals surface area contributed by atoms with Gasteiger partial charge in [-0.25, -0.2) is 0 Å². The van der Waals surface area contributed by atoms with E-state index < -0.39 is 30.0 Å². The lowest BCUT2D eigenvalue weighted by molar-refractivity contribution is -0.139. The molecule has 3 aromatic rings. The van der Waals surface area contributed by atoms with Gasteiger partial charge in [0.1, 0.15) is 12.1 Å². The van der Waals surface area contributed by atoms with Crippen LogP contribution in [0.25, 0.3) is 10.9 Å². The molecule has 1 aromatic heterocycles. The fourth-order valence-electron chi connectivity index (χ4n) is 4.19. The van der Waals surface area contributed by atoms with Crippen LogP contribution in [0, 0.1) is 5.92 Å². The first-order valence-corrected chi connectivity index (χ1v) is 12.4. The number of aromatic nitrogens is 1. The van der Waals surface area contributed by atoms with Gasteiger partial charge in [0.2, 0.25) is 11.8 Å². The quantitative estimate of drug-likeness (QED) is 0.251. The maximum absolute atomic E-state index is 13.4. The molecule has 0 fully saturated rings. The molecule has 0 aliphatic heterocycles. The van der Waals surface area contributed by atoms with Crippen LogP contribution in [0.15, 0.2) is 60.8 Å². The summed E-state index contributed by atoms with van der Waals surface area (Å²) in [6.45, 7) is 5.94. The van der Waals surface area contributed by atoms with Crippen molar-refractivity contribution in [2.75, 3.05) is 6.54 Å². The van der Waals surface area contributed by atoms with E-state index >= 15 is 0 Å².